The maximum atomic E-state index is 12.9. The smallest absolute Gasteiger partial charge is 0.230 e. The van der Waals surface area contributed by atoms with Gasteiger partial charge in [0.2, 0.25) is 11.8 Å². The van der Waals surface area contributed by atoms with E-state index in [1.54, 1.807) is 12.1 Å². The van der Waals surface area contributed by atoms with Crippen molar-refractivity contribution in [3.63, 3.8) is 0 Å². The van der Waals surface area contributed by atoms with Crippen molar-refractivity contribution in [1.29, 1.82) is 0 Å². The monoisotopic (exact) mass is 372 g/mol. The molecule has 26 heavy (non-hydrogen) atoms. The van der Waals surface area contributed by atoms with Gasteiger partial charge in [0.15, 0.2) is 0 Å². The Hall–Kier alpha value is -2.34. The average molecular weight is 372 g/mol. The minimum absolute atomic E-state index is 0.0805. The molecule has 136 valence electrons. The Balaban J connectivity index is 1.47. The van der Waals surface area contributed by atoms with Gasteiger partial charge in [0, 0.05) is 16.5 Å². The molecule has 1 saturated carbocycles. The number of anilines is 1. The second-order valence-electron chi connectivity index (χ2n) is 6.42. The molecule has 2 amide bonds. The zero-order valence-electron chi connectivity index (χ0n) is 14.5. The van der Waals surface area contributed by atoms with Gasteiger partial charge in [0.05, 0.1) is 11.8 Å². The second-order valence-corrected chi connectivity index (χ2v) is 7.47. The first kappa shape index (κ1) is 18.5. The van der Waals surface area contributed by atoms with Gasteiger partial charge in [-0.15, -0.1) is 11.8 Å². The summed E-state index contributed by atoms with van der Waals surface area (Å²) in [6.45, 7) is 1.91. The SMILES string of the molecule is CC(NC(=O)CSc1ccc(F)cc1)c1ccc(NC(=O)C2CC2)cc1. The summed E-state index contributed by atoms with van der Waals surface area (Å²) in [5.41, 5.74) is 1.74. The van der Waals surface area contributed by atoms with E-state index in [0.29, 0.717) is 0 Å². The number of hydrogen-bond donors (Lipinski definition) is 2. The second kappa shape index (κ2) is 8.36. The van der Waals surface area contributed by atoms with Gasteiger partial charge >= 0.3 is 0 Å². The van der Waals surface area contributed by atoms with Crippen molar-refractivity contribution in [2.75, 3.05) is 11.1 Å². The molecule has 1 fully saturated rings. The molecular formula is C20H21FN2O2S. The summed E-state index contributed by atoms with van der Waals surface area (Å²) in [6, 6.07) is 13.5. The molecule has 0 heterocycles. The van der Waals surface area contributed by atoms with E-state index >= 15 is 0 Å². The van der Waals surface area contributed by atoms with Crippen LogP contribution < -0.4 is 10.6 Å². The van der Waals surface area contributed by atoms with Gasteiger partial charge in [-0.2, -0.15) is 0 Å². The fourth-order valence-electron chi connectivity index (χ4n) is 2.49. The lowest BCUT2D eigenvalue weighted by atomic mass is 10.1. The molecule has 0 spiro atoms. The summed E-state index contributed by atoms with van der Waals surface area (Å²) in [6.07, 6.45) is 1.95. The van der Waals surface area contributed by atoms with Crippen LogP contribution >= 0.6 is 11.8 Å². The van der Waals surface area contributed by atoms with Crippen LogP contribution in [0, 0.1) is 11.7 Å². The molecule has 6 heteroatoms. The quantitative estimate of drug-likeness (QED) is 0.718. The Bertz CT molecular complexity index is 773. The summed E-state index contributed by atoms with van der Waals surface area (Å²) < 4.78 is 12.9. The van der Waals surface area contributed by atoms with Gasteiger partial charge in [-0.05, 0) is 61.7 Å². The predicted octanol–water partition coefficient (Wildman–Crippen LogP) is 4.14. The van der Waals surface area contributed by atoms with Crippen molar-refractivity contribution in [3.8, 4) is 0 Å². The lowest BCUT2D eigenvalue weighted by Crippen LogP contribution is -2.28. The molecule has 2 aromatic rings. The Morgan fingerprint density at radius 3 is 2.38 bits per heavy atom. The van der Waals surface area contributed by atoms with Crippen molar-refractivity contribution in [1.82, 2.24) is 5.32 Å². The molecule has 2 N–H and O–H groups in total. The third-order valence-corrected chi connectivity index (χ3v) is 5.20. The molecule has 1 unspecified atom stereocenters. The molecule has 1 aliphatic rings. The Morgan fingerprint density at radius 2 is 1.77 bits per heavy atom. The first-order valence-electron chi connectivity index (χ1n) is 8.60. The number of carbonyl (C=O) groups excluding carboxylic acids is 2. The minimum Gasteiger partial charge on any atom is -0.349 e. The predicted molar refractivity (Wildman–Crippen MR) is 101 cm³/mol. The molecule has 0 saturated heterocycles. The molecule has 3 rings (SSSR count). The van der Waals surface area contributed by atoms with Gasteiger partial charge in [-0.3, -0.25) is 9.59 Å². The number of hydrogen-bond acceptors (Lipinski definition) is 3. The summed E-state index contributed by atoms with van der Waals surface area (Å²) in [5.74, 6) is 0.149. The van der Waals surface area contributed by atoms with Gasteiger partial charge in [0.25, 0.3) is 0 Å². The molecule has 4 nitrogen and oxygen atoms in total. The molecular weight excluding hydrogens is 351 g/mol. The Morgan fingerprint density at radius 1 is 1.12 bits per heavy atom. The van der Waals surface area contributed by atoms with Crippen LogP contribution in [0.4, 0.5) is 10.1 Å². The van der Waals surface area contributed by atoms with E-state index in [0.717, 1.165) is 29.0 Å². The average Bonchev–Trinajstić information content (AvgIpc) is 3.47. The molecule has 0 radical (unpaired) electrons. The van der Waals surface area contributed by atoms with Crippen LogP contribution in [0.1, 0.15) is 31.4 Å². The van der Waals surface area contributed by atoms with Gasteiger partial charge < -0.3 is 10.6 Å². The largest absolute Gasteiger partial charge is 0.349 e. The summed E-state index contributed by atoms with van der Waals surface area (Å²) in [4.78, 5) is 24.7. The van der Waals surface area contributed by atoms with Crippen LogP contribution in [0.2, 0.25) is 0 Å². The van der Waals surface area contributed by atoms with E-state index < -0.39 is 0 Å². The van der Waals surface area contributed by atoms with Crippen molar-refractivity contribution in [2.45, 2.75) is 30.7 Å². The van der Waals surface area contributed by atoms with Crippen LogP contribution in [0.5, 0.6) is 0 Å². The van der Waals surface area contributed by atoms with Crippen molar-refractivity contribution >= 4 is 29.3 Å². The van der Waals surface area contributed by atoms with Crippen LogP contribution in [-0.2, 0) is 9.59 Å². The zero-order chi connectivity index (χ0) is 18.5. The molecule has 1 aliphatic carbocycles. The molecule has 0 aromatic heterocycles. The van der Waals surface area contributed by atoms with Gasteiger partial charge in [0.1, 0.15) is 5.82 Å². The van der Waals surface area contributed by atoms with E-state index in [1.807, 2.05) is 31.2 Å². The lowest BCUT2D eigenvalue weighted by Gasteiger charge is -2.15. The normalized spacial score (nSPS) is 14.5. The highest BCUT2D eigenvalue weighted by atomic mass is 32.2. The third-order valence-electron chi connectivity index (χ3n) is 4.19. The number of carbonyl (C=O) groups is 2. The Labute approximate surface area is 156 Å². The minimum atomic E-state index is -0.288. The number of rotatable bonds is 7. The highest BCUT2D eigenvalue weighted by Crippen LogP contribution is 2.30. The van der Waals surface area contributed by atoms with Crippen molar-refractivity contribution in [2.24, 2.45) is 5.92 Å². The standard InChI is InChI=1S/C20H21FN2O2S/c1-13(22-19(24)12-26-18-10-6-16(21)7-11-18)14-4-8-17(9-5-14)23-20(25)15-2-3-15/h4-11,13,15H,2-3,12H2,1H3,(H,22,24)(H,23,25). The van der Waals surface area contributed by atoms with Crippen LogP contribution in [-0.4, -0.2) is 17.6 Å². The third kappa shape index (κ3) is 5.33. The summed E-state index contributed by atoms with van der Waals surface area (Å²) >= 11 is 1.37. The van der Waals surface area contributed by atoms with Gasteiger partial charge in [-0.25, -0.2) is 4.39 Å². The van der Waals surface area contributed by atoms with E-state index in [4.69, 9.17) is 0 Å². The summed E-state index contributed by atoms with van der Waals surface area (Å²) in [5, 5.41) is 5.84. The van der Waals surface area contributed by atoms with E-state index in [-0.39, 0.29) is 35.3 Å². The number of amides is 2. The van der Waals surface area contributed by atoms with Gasteiger partial charge in [-0.1, -0.05) is 12.1 Å². The molecule has 1 atom stereocenters. The maximum Gasteiger partial charge on any atom is 0.230 e. The lowest BCUT2D eigenvalue weighted by molar-refractivity contribution is -0.119. The maximum absolute atomic E-state index is 12.9. The molecule has 2 aromatic carbocycles. The van der Waals surface area contributed by atoms with E-state index in [1.165, 1.54) is 23.9 Å². The Kier molecular flexibility index (Phi) is 5.93. The van der Waals surface area contributed by atoms with Crippen molar-refractivity contribution in [3.05, 3.63) is 59.9 Å². The van der Waals surface area contributed by atoms with Crippen LogP contribution in [0.15, 0.2) is 53.4 Å². The fraction of sp³-hybridized carbons (Fsp3) is 0.300. The molecule has 0 bridgehead atoms. The highest BCUT2D eigenvalue weighted by molar-refractivity contribution is 8.00. The topological polar surface area (TPSA) is 58.2 Å². The molecule has 0 aliphatic heterocycles. The van der Waals surface area contributed by atoms with E-state index in [2.05, 4.69) is 10.6 Å². The fourth-order valence-corrected chi connectivity index (χ4v) is 3.20. The number of nitrogens with one attached hydrogen (secondary N) is 2. The number of benzene rings is 2. The van der Waals surface area contributed by atoms with Crippen LogP contribution in [0.25, 0.3) is 0 Å². The first-order chi connectivity index (χ1) is 12.5. The zero-order valence-corrected chi connectivity index (χ0v) is 15.3. The summed E-state index contributed by atoms with van der Waals surface area (Å²) in [7, 11) is 0. The number of halogens is 1. The first-order valence-corrected chi connectivity index (χ1v) is 9.58. The number of thioether (sulfide) groups is 1. The van der Waals surface area contributed by atoms with E-state index in [9.17, 15) is 14.0 Å². The highest BCUT2D eigenvalue weighted by Gasteiger charge is 2.29. The van der Waals surface area contributed by atoms with Crippen molar-refractivity contribution < 1.29 is 14.0 Å². The van der Waals surface area contributed by atoms with Crippen LogP contribution in [0.3, 0.4) is 0 Å².